The predicted octanol–water partition coefficient (Wildman–Crippen LogP) is 2.73. The molecular formula is C17H19NO2. The summed E-state index contributed by atoms with van der Waals surface area (Å²) in [5.41, 5.74) is 1.87. The molecule has 104 valence electrons. The third-order valence-corrected chi connectivity index (χ3v) is 2.96. The standard InChI is InChI=1S/C17H19NO2/c19-16-10-4-9-15(12-16)17(20)13-18-11-5-8-14-6-2-1-3-7-14/h1-10,12,17-20H,11,13H2/b8-5+/t17-/m0/s1. The van der Waals surface area contributed by atoms with Crippen molar-refractivity contribution in [1.82, 2.24) is 5.32 Å². The van der Waals surface area contributed by atoms with E-state index in [1.165, 1.54) is 0 Å². The minimum absolute atomic E-state index is 0.172. The fourth-order valence-electron chi connectivity index (χ4n) is 1.91. The Kier molecular flexibility index (Phi) is 5.35. The second-order valence-electron chi connectivity index (χ2n) is 4.58. The summed E-state index contributed by atoms with van der Waals surface area (Å²) < 4.78 is 0. The number of aromatic hydroxyl groups is 1. The smallest absolute Gasteiger partial charge is 0.115 e. The average molecular weight is 269 g/mol. The Morgan fingerprint density at radius 2 is 1.85 bits per heavy atom. The summed E-state index contributed by atoms with van der Waals surface area (Å²) >= 11 is 0. The van der Waals surface area contributed by atoms with Crippen LogP contribution in [0, 0.1) is 0 Å². The van der Waals surface area contributed by atoms with E-state index in [1.54, 1.807) is 24.3 Å². The van der Waals surface area contributed by atoms with Gasteiger partial charge in [-0.05, 0) is 23.3 Å². The summed E-state index contributed by atoms with van der Waals surface area (Å²) in [6.45, 7) is 1.13. The Morgan fingerprint density at radius 1 is 1.05 bits per heavy atom. The SMILES string of the molecule is Oc1cccc([C@@H](O)CNC/C=C/c2ccccc2)c1. The fourth-order valence-corrected chi connectivity index (χ4v) is 1.91. The van der Waals surface area contributed by atoms with E-state index >= 15 is 0 Å². The van der Waals surface area contributed by atoms with E-state index in [0.717, 1.165) is 5.56 Å². The number of hydrogen-bond donors (Lipinski definition) is 3. The van der Waals surface area contributed by atoms with Gasteiger partial charge in [0.05, 0.1) is 6.10 Å². The second-order valence-corrected chi connectivity index (χ2v) is 4.58. The summed E-state index contributed by atoms with van der Waals surface area (Å²) in [5.74, 6) is 0.172. The summed E-state index contributed by atoms with van der Waals surface area (Å²) in [7, 11) is 0. The molecule has 1 atom stereocenters. The maximum atomic E-state index is 9.96. The predicted molar refractivity (Wildman–Crippen MR) is 81.4 cm³/mol. The van der Waals surface area contributed by atoms with Crippen LogP contribution in [0.1, 0.15) is 17.2 Å². The quantitative estimate of drug-likeness (QED) is 0.707. The van der Waals surface area contributed by atoms with Gasteiger partial charge >= 0.3 is 0 Å². The van der Waals surface area contributed by atoms with Crippen LogP contribution in [0.5, 0.6) is 5.75 Å². The highest BCUT2D eigenvalue weighted by atomic mass is 16.3. The molecule has 0 aliphatic carbocycles. The van der Waals surface area contributed by atoms with E-state index < -0.39 is 6.10 Å². The first-order chi connectivity index (χ1) is 9.75. The molecule has 0 bridgehead atoms. The number of hydrogen-bond acceptors (Lipinski definition) is 3. The van der Waals surface area contributed by atoms with Gasteiger partial charge in [0.1, 0.15) is 5.75 Å². The lowest BCUT2D eigenvalue weighted by molar-refractivity contribution is 0.176. The van der Waals surface area contributed by atoms with Crippen LogP contribution in [-0.4, -0.2) is 23.3 Å². The Bertz CT molecular complexity index is 552. The minimum atomic E-state index is -0.618. The Morgan fingerprint density at radius 3 is 2.60 bits per heavy atom. The summed E-state index contributed by atoms with van der Waals surface area (Å²) in [6.07, 6.45) is 3.44. The molecule has 0 aliphatic heterocycles. The van der Waals surface area contributed by atoms with Crippen molar-refractivity contribution in [2.45, 2.75) is 6.10 Å². The molecule has 20 heavy (non-hydrogen) atoms. The number of aliphatic hydroxyl groups is 1. The average Bonchev–Trinajstić information content (AvgIpc) is 2.48. The second kappa shape index (κ2) is 7.48. The number of phenols is 1. The molecule has 2 aromatic rings. The highest BCUT2D eigenvalue weighted by Gasteiger charge is 2.06. The van der Waals surface area contributed by atoms with Gasteiger partial charge in [0.25, 0.3) is 0 Å². The van der Waals surface area contributed by atoms with E-state index in [1.807, 2.05) is 42.5 Å². The van der Waals surface area contributed by atoms with Gasteiger partial charge in [0.2, 0.25) is 0 Å². The van der Waals surface area contributed by atoms with Gasteiger partial charge in [0, 0.05) is 13.1 Å². The topological polar surface area (TPSA) is 52.5 Å². The van der Waals surface area contributed by atoms with Crippen molar-refractivity contribution < 1.29 is 10.2 Å². The lowest BCUT2D eigenvalue weighted by Gasteiger charge is -2.11. The molecule has 3 heteroatoms. The molecule has 0 saturated carbocycles. The van der Waals surface area contributed by atoms with Gasteiger partial charge in [-0.1, -0.05) is 54.6 Å². The Labute approximate surface area is 119 Å². The molecular weight excluding hydrogens is 250 g/mol. The number of aliphatic hydroxyl groups excluding tert-OH is 1. The number of rotatable bonds is 6. The van der Waals surface area contributed by atoms with Crippen molar-refractivity contribution in [2.24, 2.45) is 0 Å². The monoisotopic (exact) mass is 269 g/mol. The van der Waals surface area contributed by atoms with Crippen LogP contribution in [0.3, 0.4) is 0 Å². The molecule has 0 radical (unpaired) electrons. The number of benzene rings is 2. The van der Waals surface area contributed by atoms with Crippen molar-refractivity contribution in [3.05, 3.63) is 71.8 Å². The first kappa shape index (κ1) is 14.3. The number of nitrogens with one attached hydrogen (secondary N) is 1. The lowest BCUT2D eigenvalue weighted by atomic mass is 10.1. The fraction of sp³-hybridized carbons (Fsp3) is 0.176. The van der Waals surface area contributed by atoms with Crippen LogP contribution in [0.15, 0.2) is 60.7 Å². The Hall–Kier alpha value is -2.10. The van der Waals surface area contributed by atoms with Crippen LogP contribution < -0.4 is 5.32 Å². The van der Waals surface area contributed by atoms with Gasteiger partial charge in [-0.15, -0.1) is 0 Å². The van der Waals surface area contributed by atoms with Gasteiger partial charge in [-0.25, -0.2) is 0 Å². The van der Waals surface area contributed by atoms with Crippen molar-refractivity contribution in [2.75, 3.05) is 13.1 Å². The molecule has 3 nitrogen and oxygen atoms in total. The molecule has 0 aromatic heterocycles. The highest BCUT2D eigenvalue weighted by Crippen LogP contribution is 2.17. The zero-order valence-corrected chi connectivity index (χ0v) is 11.2. The van der Waals surface area contributed by atoms with Crippen molar-refractivity contribution in [1.29, 1.82) is 0 Å². The molecule has 0 saturated heterocycles. The zero-order valence-electron chi connectivity index (χ0n) is 11.2. The molecule has 0 fully saturated rings. The largest absolute Gasteiger partial charge is 0.508 e. The maximum absolute atomic E-state index is 9.96. The third kappa shape index (κ3) is 4.53. The summed E-state index contributed by atoms with van der Waals surface area (Å²) in [5, 5.41) is 22.5. The zero-order chi connectivity index (χ0) is 14.2. The van der Waals surface area contributed by atoms with E-state index in [4.69, 9.17) is 0 Å². The molecule has 0 heterocycles. The minimum Gasteiger partial charge on any atom is -0.508 e. The molecule has 0 aliphatic rings. The van der Waals surface area contributed by atoms with Crippen LogP contribution >= 0.6 is 0 Å². The van der Waals surface area contributed by atoms with Crippen LogP contribution in [0.4, 0.5) is 0 Å². The third-order valence-electron chi connectivity index (χ3n) is 2.96. The van der Waals surface area contributed by atoms with E-state index in [2.05, 4.69) is 5.32 Å². The Balaban J connectivity index is 1.74. The highest BCUT2D eigenvalue weighted by molar-refractivity contribution is 5.48. The molecule has 0 unspecified atom stereocenters. The van der Waals surface area contributed by atoms with Crippen LogP contribution in [-0.2, 0) is 0 Å². The van der Waals surface area contributed by atoms with E-state index in [-0.39, 0.29) is 5.75 Å². The number of phenolic OH excluding ortho intramolecular Hbond substituents is 1. The molecule has 2 rings (SSSR count). The van der Waals surface area contributed by atoms with Crippen molar-refractivity contribution in [3.63, 3.8) is 0 Å². The first-order valence-electron chi connectivity index (χ1n) is 6.65. The summed E-state index contributed by atoms with van der Waals surface area (Å²) in [4.78, 5) is 0. The molecule has 3 N–H and O–H groups in total. The van der Waals surface area contributed by atoms with Crippen molar-refractivity contribution in [3.8, 4) is 5.75 Å². The maximum Gasteiger partial charge on any atom is 0.115 e. The lowest BCUT2D eigenvalue weighted by Crippen LogP contribution is -2.21. The van der Waals surface area contributed by atoms with Gasteiger partial charge in [0.15, 0.2) is 0 Å². The summed E-state index contributed by atoms with van der Waals surface area (Å²) in [6, 6.07) is 16.8. The molecule has 2 aromatic carbocycles. The van der Waals surface area contributed by atoms with E-state index in [0.29, 0.717) is 18.7 Å². The van der Waals surface area contributed by atoms with E-state index in [9.17, 15) is 10.2 Å². The van der Waals surface area contributed by atoms with Crippen molar-refractivity contribution >= 4 is 6.08 Å². The molecule has 0 amide bonds. The first-order valence-corrected chi connectivity index (χ1v) is 6.65. The van der Waals surface area contributed by atoms with Gasteiger partial charge in [-0.3, -0.25) is 0 Å². The van der Waals surface area contributed by atoms with Gasteiger partial charge in [-0.2, -0.15) is 0 Å². The van der Waals surface area contributed by atoms with Gasteiger partial charge < -0.3 is 15.5 Å². The van der Waals surface area contributed by atoms with Crippen LogP contribution in [0.25, 0.3) is 6.08 Å². The normalized spacial score (nSPS) is 12.7. The molecule has 0 spiro atoms. The van der Waals surface area contributed by atoms with Crippen LogP contribution in [0.2, 0.25) is 0 Å².